The summed E-state index contributed by atoms with van der Waals surface area (Å²) >= 11 is 0. The van der Waals surface area contributed by atoms with Gasteiger partial charge >= 0.3 is 0 Å². The Bertz CT molecular complexity index is 896. The average molecular weight is 388 g/mol. The second-order valence-corrected chi connectivity index (χ2v) is 8.61. The number of rotatable bonds is 8. The Labute approximate surface area is 160 Å². The predicted molar refractivity (Wildman–Crippen MR) is 106 cm³/mol. The first kappa shape index (κ1) is 19.4. The van der Waals surface area contributed by atoms with Gasteiger partial charge in [-0.15, -0.1) is 0 Å². The molecule has 2 aromatic rings. The molecule has 7 heteroatoms. The Kier molecular flexibility index (Phi) is 5.82. The first-order valence-electron chi connectivity index (χ1n) is 9.15. The molecule has 0 aliphatic heterocycles. The number of hydrogen-bond donors (Lipinski definition) is 2. The third kappa shape index (κ3) is 4.48. The summed E-state index contributed by atoms with van der Waals surface area (Å²) in [7, 11) is -3.77. The van der Waals surface area contributed by atoms with Crippen LogP contribution in [0.1, 0.15) is 30.1 Å². The summed E-state index contributed by atoms with van der Waals surface area (Å²) in [5, 5.41) is 2.80. The predicted octanol–water partition coefficient (Wildman–Crippen LogP) is 2.37. The van der Waals surface area contributed by atoms with Crippen molar-refractivity contribution >= 4 is 21.6 Å². The van der Waals surface area contributed by atoms with Gasteiger partial charge in [0, 0.05) is 24.7 Å². The minimum absolute atomic E-state index is 0.0467. The number of anilines is 1. The maximum Gasteiger partial charge on any atom is 0.264 e. The van der Waals surface area contributed by atoms with Crippen LogP contribution in [0.4, 0.5) is 5.69 Å². The molecule has 6 nitrogen and oxygen atoms in total. The number of benzene rings is 2. The Morgan fingerprint density at radius 2 is 1.89 bits per heavy atom. The van der Waals surface area contributed by atoms with Crippen molar-refractivity contribution in [2.75, 3.05) is 17.4 Å². The molecule has 0 bridgehead atoms. The van der Waals surface area contributed by atoms with Gasteiger partial charge in [-0.25, -0.2) is 8.42 Å². The van der Waals surface area contributed by atoms with Crippen molar-refractivity contribution < 1.29 is 13.2 Å². The molecule has 0 saturated heterocycles. The molecule has 3 N–H and O–H groups in total. The Morgan fingerprint density at radius 1 is 1.19 bits per heavy atom. The van der Waals surface area contributed by atoms with E-state index in [0.29, 0.717) is 30.3 Å². The van der Waals surface area contributed by atoms with Gasteiger partial charge in [0.2, 0.25) is 0 Å². The first-order valence-corrected chi connectivity index (χ1v) is 10.6. The highest BCUT2D eigenvalue weighted by Gasteiger charge is 2.29. The van der Waals surface area contributed by atoms with Gasteiger partial charge in [-0.2, -0.15) is 0 Å². The van der Waals surface area contributed by atoms with E-state index in [0.717, 1.165) is 12.8 Å². The van der Waals surface area contributed by atoms with Gasteiger partial charge < -0.3 is 11.1 Å². The molecule has 27 heavy (non-hydrogen) atoms. The van der Waals surface area contributed by atoms with Crippen LogP contribution in [0.15, 0.2) is 59.5 Å². The van der Waals surface area contributed by atoms with Crippen LogP contribution in [-0.2, 0) is 10.0 Å². The van der Waals surface area contributed by atoms with Gasteiger partial charge in [0.25, 0.3) is 15.9 Å². The summed E-state index contributed by atoms with van der Waals surface area (Å²) in [5.74, 6) is 0.173. The molecule has 0 aromatic heterocycles. The molecule has 0 spiro atoms. The van der Waals surface area contributed by atoms with Gasteiger partial charge in [0.05, 0.1) is 10.6 Å². The molecule has 0 radical (unpaired) electrons. The largest absolute Gasteiger partial charge is 0.350 e. The summed E-state index contributed by atoms with van der Waals surface area (Å²) in [6.45, 7) is 2.46. The van der Waals surface area contributed by atoms with Crippen LogP contribution >= 0.6 is 0 Å². The fourth-order valence-corrected chi connectivity index (χ4v) is 4.53. The van der Waals surface area contributed by atoms with E-state index in [1.165, 1.54) is 16.4 Å². The zero-order chi connectivity index (χ0) is 19.4. The van der Waals surface area contributed by atoms with Crippen molar-refractivity contribution in [1.82, 2.24) is 5.32 Å². The van der Waals surface area contributed by atoms with Gasteiger partial charge in [-0.3, -0.25) is 9.10 Å². The number of nitrogens with zero attached hydrogens (tertiary/aromatic N) is 1. The molecular weight excluding hydrogens is 362 g/mol. The van der Waals surface area contributed by atoms with Gasteiger partial charge in [-0.05, 0) is 56.0 Å². The zero-order valence-corrected chi connectivity index (χ0v) is 16.2. The first-order chi connectivity index (χ1) is 12.9. The fourth-order valence-electron chi connectivity index (χ4n) is 3.01. The Balaban J connectivity index is 1.79. The van der Waals surface area contributed by atoms with Crippen LogP contribution in [0, 0.1) is 5.92 Å². The minimum atomic E-state index is -3.77. The van der Waals surface area contributed by atoms with Crippen molar-refractivity contribution in [2.24, 2.45) is 11.7 Å². The van der Waals surface area contributed by atoms with Crippen LogP contribution in [0.2, 0.25) is 0 Å². The normalized spacial score (nSPS) is 15.2. The van der Waals surface area contributed by atoms with E-state index in [4.69, 9.17) is 5.73 Å². The highest BCUT2D eigenvalue weighted by atomic mass is 32.2. The van der Waals surface area contributed by atoms with Crippen LogP contribution in [0.3, 0.4) is 0 Å². The molecule has 144 valence electrons. The summed E-state index contributed by atoms with van der Waals surface area (Å²) < 4.78 is 27.5. The highest BCUT2D eigenvalue weighted by molar-refractivity contribution is 7.92. The van der Waals surface area contributed by atoms with Crippen LogP contribution in [0.5, 0.6) is 0 Å². The molecule has 1 aliphatic rings. The third-order valence-corrected chi connectivity index (χ3v) is 6.64. The lowest BCUT2D eigenvalue weighted by atomic mass is 10.2. The van der Waals surface area contributed by atoms with Gasteiger partial charge in [-0.1, -0.05) is 24.3 Å². The average Bonchev–Trinajstić information content (AvgIpc) is 3.52. The SMILES string of the molecule is CCN(c1ccccc1)S(=O)(=O)c1cccc(C(=O)NCC(N)C2CC2)c1. The monoisotopic (exact) mass is 387 g/mol. The summed E-state index contributed by atoms with van der Waals surface area (Å²) in [6, 6.07) is 15.0. The number of amides is 1. The molecule has 3 rings (SSSR count). The minimum Gasteiger partial charge on any atom is -0.350 e. The lowest BCUT2D eigenvalue weighted by Gasteiger charge is -2.23. The Morgan fingerprint density at radius 3 is 2.52 bits per heavy atom. The quantitative estimate of drug-likeness (QED) is 0.727. The number of nitrogens with one attached hydrogen (secondary N) is 1. The molecule has 2 aromatic carbocycles. The number of para-hydroxylation sites is 1. The topological polar surface area (TPSA) is 92.5 Å². The molecule has 1 aliphatic carbocycles. The van der Waals surface area contributed by atoms with Crippen molar-refractivity contribution in [3.05, 3.63) is 60.2 Å². The van der Waals surface area contributed by atoms with E-state index in [9.17, 15) is 13.2 Å². The maximum absolute atomic E-state index is 13.1. The van der Waals surface area contributed by atoms with E-state index in [2.05, 4.69) is 5.32 Å². The number of hydrogen-bond acceptors (Lipinski definition) is 4. The standard InChI is InChI=1S/C20H25N3O3S/c1-2-23(17-8-4-3-5-9-17)27(25,26)18-10-6-7-16(13-18)20(24)22-14-19(21)15-11-12-15/h3-10,13,15,19H,2,11-12,14,21H2,1H3,(H,22,24). The highest BCUT2D eigenvalue weighted by Crippen LogP contribution is 2.31. The maximum atomic E-state index is 13.1. The van der Waals surface area contributed by atoms with E-state index in [-0.39, 0.29) is 16.8 Å². The lowest BCUT2D eigenvalue weighted by Crippen LogP contribution is -2.38. The van der Waals surface area contributed by atoms with Crippen molar-refractivity contribution in [3.63, 3.8) is 0 Å². The lowest BCUT2D eigenvalue weighted by molar-refractivity contribution is 0.0950. The second-order valence-electron chi connectivity index (χ2n) is 6.74. The molecule has 1 fully saturated rings. The molecule has 1 atom stereocenters. The smallest absolute Gasteiger partial charge is 0.264 e. The van der Waals surface area contributed by atoms with Crippen LogP contribution in [-0.4, -0.2) is 33.5 Å². The van der Waals surface area contributed by atoms with Crippen LogP contribution < -0.4 is 15.4 Å². The van der Waals surface area contributed by atoms with Gasteiger partial charge in [0.15, 0.2) is 0 Å². The number of sulfonamides is 1. The number of carbonyl (C=O) groups excluding carboxylic acids is 1. The van der Waals surface area contributed by atoms with Crippen molar-refractivity contribution in [3.8, 4) is 0 Å². The molecular formula is C20H25N3O3S. The van der Waals surface area contributed by atoms with E-state index in [1.54, 1.807) is 43.3 Å². The molecule has 0 heterocycles. The summed E-state index contributed by atoms with van der Waals surface area (Å²) in [5.41, 5.74) is 6.91. The summed E-state index contributed by atoms with van der Waals surface area (Å²) in [6.07, 6.45) is 2.22. The van der Waals surface area contributed by atoms with Crippen LogP contribution in [0.25, 0.3) is 0 Å². The Hall–Kier alpha value is -2.38. The molecule has 1 unspecified atom stereocenters. The van der Waals surface area contributed by atoms with Gasteiger partial charge in [0.1, 0.15) is 0 Å². The van der Waals surface area contributed by atoms with E-state index < -0.39 is 10.0 Å². The van der Waals surface area contributed by atoms with E-state index >= 15 is 0 Å². The summed E-state index contributed by atoms with van der Waals surface area (Å²) in [4.78, 5) is 12.5. The third-order valence-electron chi connectivity index (χ3n) is 4.74. The zero-order valence-electron chi connectivity index (χ0n) is 15.3. The fraction of sp³-hybridized carbons (Fsp3) is 0.350. The van der Waals surface area contributed by atoms with Crippen molar-refractivity contribution in [1.29, 1.82) is 0 Å². The molecule has 1 amide bonds. The number of carbonyl (C=O) groups is 1. The van der Waals surface area contributed by atoms with Crippen molar-refractivity contribution in [2.45, 2.75) is 30.7 Å². The second kappa shape index (κ2) is 8.10. The molecule has 1 saturated carbocycles. The van der Waals surface area contributed by atoms with E-state index in [1.807, 2.05) is 6.07 Å². The number of nitrogens with two attached hydrogens (primary N) is 1.